The maximum atomic E-state index is 8.61. The smallest absolute Gasteiger partial charge is 0.313 e. The largest absolute Gasteiger partial charge is 0.344 e. The quantitative estimate of drug-likeness (QED) is 0.664. The monoisotopic (exact) mass is 254 g/mol. The molecular formula is C13H18O5. The van der Waals surface area contributed by atoms with Gasteiger partial charge >= 0.3 is 5.97 Å². The van der Waals surface area contributed by atoms with Gasteiger partial charge in [0.05, 0.1) is 11.2 Å². The Kier molecular flexibility index (Phi) is 3.21. The molecule has 1 N–H and O–H groups in total. The van der Waals surface area contributed by atoms with E-state index in [0.29, 0.717) is 5.56 Å². The third kappa shape index (κ3) is 2.04. The molecule has 100 valence electrons. The molecule has 2 rings (SSSR count). The normalized spacial score (nSPS) is 24.1. The standard InChI is InChI=1S/C13H18O5/c1-11(2)12(3,4)16-13(15-11,17-18-14)10-8-6-5-7-9-10/h5-9,14H,1-4H3. The molecule has 0 spiro atoms. The highest BCUT2D eigenvalue weighted by Crippen LogP contribution is 2.49. The van der Waals surface area contributed by atoms with E-state index in [0.717, 1.165) is 0 Å². The first-order valence-electron chi connectivity index (χ1n) is 5.78. The highest BCUT2D eigenvalue weighted by Gasteiger charge is 2.60. The minimum Gasteiger partial charge on any atom is -0.313 e. The summed E-state index contributed by atoms with van der Waals surface area (Å²) in [6.45, 7) is 7.55. The topological polar surface area (TPSA) is 57.2 Å². The predicted molar refractivity (Wildman–Crippen MR) is 63.2 cm³/mol. The van der Waals surface area contributed by atoms with E-state index in [1.807, 2.05) is 45.9 Å². The zero-order valence-corrected chi connectivity index (χ0v) is 11.0. The second kappa shape index (κ2) is 4.29. The molecule has 0 radical (unpaired) electrons. The van der Waals surface area contributed by atoms with Crippen molar-refractivity contribution in [1.29, 1.82) is 0 Å². The Bertz CT molecular complexity index is 397. The first-order chi connectivity index (χ1) is 8.33. The third-order valence-electron chi connectivity index (χ3n) is 3.50. The summed E-state index contributed by atoms with van der Waals surface area (Å²) in [5.74, 6) is -1.57. The first-order valence-corrected chi connectivity index (χ1v) is 5.78. The number of hydrogen-bond acceptors (Lipinski definition) is 5. The van der Waals surface area contributed by atoms with E-state index >= 15 is 0 Å². The Morgan fingerprint density at radius 3 is 1.89 bits per heavy atom. The van der Waals surface area contributed by atoms with Crippen molar-refractivity contribution in [3.8, 4) is 0 Å². The molecule has 1 aromatic carbocycles. The SMILES string of the molecule is CC1(C)OC(OOO)(c2ccccc2)OC1(C)C. The van der Waals surface area contributed by atoms with Gasteiger partial charge in [0.15, 0.2) is 0 Å². The Morgan fingerprint density at radius 2 is 1.44 bits per heavy atom. The predicted octanol–water partition coefficient (Wildman–Crippen LogP) is 2.82. The number of hydrogen-bond donors (Lipinski definition) is 1. The second-order valence-electron chi connectivity index (χ2n) is 5.30. The van der Waals surface area contributed by atoms with Crippen molar-refractivity contribution in [2.24, 2.45) is 0 Å². The van der Waals surface area contributed by atoms with Gasteiger partial charge in [-0.15, -0.1) is 4.89 Å². The van der Waals surface area contributed by atoms with E-state index in [1.54, 1.807) is 12.1 Å². The van der Waals surface area contributed by atoms with Crippen molar-refractivity contribution in [1.82, 2.24) is 0 Å². The summed E-state index contributed by atoms with van der Waals surface area (Å²) in [7, 11) is 0. The first kappa shape index (κ1) is 13.5. The molecule has 0 unspecified atom stereocenters. The van der Waals surface area contributed by atoms with Gasteiger partial charge in [0.1, 0.15) is 0 Å². The van der Waals surface area contributed by atoms with Gasteiger partial charge in [0.2, 0.25) is 0 Å². The van der Waals surface area contributed by atoms with E-state index < -0.39 is 17.2 Å². The average Bonchev–Trinajstić information content (AvgIpc) is 2.47. The van der Waals surface area contributed by atoms with Gasteiger partial charge in [-0.3, -0.25) is 0 Å². The van der Waals surface area contributed by atoms with Crippen molar-refractivity contribution in [3.05, 3.63) is 35.9 Å². The molecule has 0 bridgehead atoms. The van der Waals surface area contributed by atoms with E-state index in [1.165, 1.54) is 0 Å². The molecule has 0 aromatic heterocycles. The summed E-state index contributed by atoms with van der Waals surface area (Å²) in [4.78, 5) is 4.86. The third-order valence-corrected chi connectivity index (χ3v) is 3.50. The second-order valence-corrected chi connectivity index (χ2v) is 5.30. The lowest BCUT2D eigenvalue weighted by atomic mass is 9.90. The molecule has 0 amide bonds. The summed E-state index contributed by atoms with van der Waals surface area (Å²) < 4.78 is 11.7. The molecule has 0 atom stereocenters. The van der Waals surface area contributed by atoms with Crippen LogP contribution in [0.5, 0.6) is 0 Å². The molecule has 1 saturated heterocycles. The maximum Gasteiger partial charge on any atom is 0.344 e. The maximum absolute atomic E-state index is 8.61. The van der Waals surface area contributed by atoms with Gasteiger partial charge in [0.25, 0.3) is 0 Å². The lowest BCUT2D eigenvalue weighted by Crippen LogP contribution is -2.41. The fourth-order valence-electron chi connectivity index (χ4n) is 1.83. The van der Waals surface area contributed by atoms with Crippen LogP contribution in [0.25, 0.3) is 0 Å². The van der Waals surface area contributed by atoms with E-state index in [9.17, 15) is 0 Å². The van der Waals surface area contributed by atoms with Gasteiger partial charge in [0, 0.05) is 5.56 Å². The van der Waals surface area contributed by atoms with Crippen LogP contribution in [0.1, 0.15) is 33.3 Å². The molecule has 1 aliphatic rings. The van der Waals surface area contributed by atoms with Crippen LogP contribution in [0.4, 0.5) is 0 Å². The zero-order chi connectivity index (χ0) is 13.4. The molecule has 5 heteroatoms. The van der Waals surface area contributed by atoms with Crippen molar-refractivity contribution in [3.63, 3.8) is 0 Å². The number of rotatable bonds is 3. The molecular weight excluding hydrogens is 236 g/mol. The highest BCUT2D eigenvalue weighted by molar-refractivity contribution is 5.20. The van der Waals surface area contributed by atoms with Crippen LogP contribution in [0, 0.1) is 0 Å². The Hall–Kier alpha value is -0.980. The summed E-state index contributed by atoms with van der Waals surface area (Å²) in [5.41, 5.74) is -0.611. The van der Waals surface area contributed by atoms with Crippen LogP contribution in [0.2, 0.25) is 0 Å². The van der Waals surface area contributed by atoms with E-state index in [2.05, 4.69) is 5.04 Å². The average molecular weight is 254 g/mol. The van der Waals surface area contributed by atoms with E-state index in [-0.39, 0.29) is 0 Å². The molecule has 0 aliphatic carbocycles. The van der Waals surface area contributed by atoms with Gasteiger partial charge in [-0.05, 0) is 27.7 Å². The molecule has 0 saturated carbocycles. The summed E-state index contributed by atoms with van der Waals surface area (Å²) in [6, 6.07) is 9.06. The van der Waals surface area contributed by atoms with Gasteiger partial charge in [-0.25, -0.2) is 5.26 Å². The van der Waals surface area contributed by atoms with Crippen LogP contribution in [-0.2, 0) is 25.4 Å². The Morgan fingerprint density at radius 1 is 0.944 bits per heavy atom. The fourth-order valence-corrected chi connectivity index (χ4v) is 1.83. The molecule has 18 heavy (non-hydrogen) atoms. The van der Waals surface area contributed by atoms with Crippen molar-refractivity contribution in [2.75, 3.05) is 0 Å². The van der Waals surface area contributed by atoms with Crippen LogP contribution >= 0.6 is 0 Å². The molecule has 1 aromatic rings. The minimum atomic E-state index is -1.57. The highest BCUT2D eigenvalue weighted by atomic mass is 17.5. The summed E-state index contributed by atoms with van der Waals surface area (Å²) >= 11 is 0. The lowest BCUT2D eigenvalue weighted by Gasteiger charge is -2.29. The van der Waals surface area contributed by atoms with Crippen molar-refractivity contribution >= 4 is 0 Å². The van der Waals surface area contributed by atoms with E-state index in [4.69, 9.17) is 19.6 Å². The van der Waals surface area contributed by atoms with Crippen LogP contribution in [0.15, 0.2) is 30.3 Å². The molecule has 5 nitrogen and oxygen atoms in total. The molecule has 1 fully saturated rings. The Balaban J connectivity index is 2.43. The van der Waals surface area contributed by atoms with Crippen molar-refractivity contribution < 1.29 is 24.7 Å². The van der Waals surface area contributed by atoms with Crippen molar-refractivity contribution in [2.45, 2.75) is 44.9 Å². The number of ether oxygens (including phenoxy) is 2. The van der Waals surface area contributed by atoms with Crippen LogP contribution in [0.3, 0.4) is 0 Å². The van der Waals surface area contributed by atoms with Gasteiger partial charge < -0.3 is 9.47 Å². The fraction of sp³-hybridized carbons (Fsp3) is 0.538. The number of benzene rings is 1. The van der Waals surface area contributed by atoms with Crippen LogP contribution in [-0.4, -0.2) is 16.5 Å². The van der Waals surface area contributed by atoms with Gasteiger partial charge in [-0.2, -0.15) is 0 Å². The van der Waals surface area contributed by atoms with Crippen LogP contribution < -0.4 is 0 Å². The molecule has 1 heterocycles. The lowest BCUT2D eigenvalue weighted by molar-refractivity contribution is -0.599. The Labute approximate surface area is 106 Å². The zero-order valence-electron chi connectivity index (χ0n) is 11.0. The molecule has 1 aliphatic heterocycles. The van der Waals surface area contributed by atoms with Gasteiger partial charge in [-0.1, -0.05) is 35.4 Å². The minimum absolute atomic E-state index is 0.609. The summed E-state index contributed by atoms with van der Waals surface area (Å²) in [5, 5.41) is 12.4. The summed E-state index contributed by atoms with van der Waals surface area (Å²) in [6.07, 6.45) is 0.